The molecule has 0 radical (unpaired) electrons. The molecule has 1 atom stereocenters. The molecule has 0 aromatic carbocycles. The van der Waals surface area contributed by atoms with Gasteiger partial charge in [0.1, 0.15) is 0 Å². The number of rotatable bonds is 5. The molecule has 3 heteroatoms. The van der Waals surface area contributed by atoms with Crippen LogP contribution in [0.4, 0.5) is 0 Å². The van der Waals surface area contributed by atoms with Crippen molar-refractivity contribution in [2.75, 3.05) is 6.61 Å². The lowest BCUT2D eigenvalue weighted by atomic mass is 9.97. The van der Waals surface area contributed by atoms with E-state index in [0.717, 1.165) is 0 Å². The molecular formula is C9H16O3. The van der Waals surface area contributed by atoms with Crippen molar-refractivity contribution in [3.63, 3.8) is 0 Å². The van der Waals surface area contributed by atoms with E-state index in [1.807, 2.05) is 0 Å². The summed E-state index contributed by atoms with van der Waals surface area (Å²) in [5.41, 5.74) is -1.10. The second-order valence-corrected chi connectivity index (χ2v) is 2.64. The van der Waals surface area contributed by atoms with Gasteiger partial charge in [0, 0.05) is 0 Å². The third-order valence-electron chi connectivity index (χ3n) is 1.75. The Labute approximate surface area is 73.0 Å². The van der Waals surface area contributed by atoms with Crippen molar-refractivity contribution in [2.24, 2.45) is 0 Å². The zero-order chi connectivity index (χ0) is 9.61. The van der Waals surface area contributed by atoms with Crippen molar-refractivity contribution >= 4 is 5.97 Å². The van der Waals surface area contributed by atoms with Gasteiger partial charge in [-0.05, 0) is 13.3 Å². The molecular weight excluding hydrogens is 156 g/mol. The summed E-state index contributed by atoms with van der Waals surface area (Å²) < 4.78 is 4.69. The summed E-state index contributed by atoms with van der Waals surface area (Å²) in [6.45, 7) is 7.33. The summed E-state index contributed by atoms with van der Waals surface area (Å²) in [5, 5.41) is 9.61. The molecule has 0 fully saturated rings. The molecule has 0 spiro atoms. The fraction of sp³-hybridized carbons (Fsp3) is 0.667. The van der Waals surface area contributed by atoms with E-state index in [1.54, 1.807) is 13.8 Å². The lowest BCUT2D eigenvalue weighted by Crippen LogP contribution is -2.29. The summed E-state index contributed by atoms with van der Waals surface area (Å²) in [6, 6.07) is 0. The smallest absolute Gasteiger partial charge is 0.309 e. The molecule has 0 rings (SSSR count). The fourth-order valence-electron chi connectivity index (χ4n) is 0.803. The number of carbonyl (C=O) groups excluding carboxylic acids is 1. The van der Waals surface area contributed by atoms with Gasteiger partial charge in [0.15, 0.2) is 0 Å². The van der Waals surface area contributed by atoms with Gasteiger partial charge >= 0.3 is 5.97 Å². The van der Waals surface area contributed by atoms with Gasteiger partial charge in [-0.25, -0.2) is 0 Å². The maximum atomic E-state index is 10.9. The van der Waals surface area contributed by atoms with Crippen LogP contribution in [-0.4, -0.2) is 23.3 Å². The van der Waals surface area contributed by atoms with Crippen molar-refractivity contribution in [1.29, 1.82) is 0 Å². The number of aliphatic hydroxyl groups is 1. The van der Waals surface area contributed by atoms with E-state index in [-0.39, 0.29) is 12.4 Å². The van der Waals surface area contributed by atoms with Gasteiger partial charge in [0.05, 0.1) is 18.6 Å². The first-order valence-corrected chi connectivity index (χ1v) is 4.09. The Kier molecular flexibility index (Phi) is 4.59. The lowest BCUT2D eigenvalue weighted by molar-refractivity contribution is -0.147. The Hall–Kier alpha value is -0.830. The lowest BCUT2D eigenvalue weighted by Gasteiger charge is -2.20. The Balaban J connectivity index is 4.02. The highest BCUT2D eigenvalue weighted by molar-refractivity contribution is 5.71. The van der Waals surface area contributed by atoms with Crippen LogP contribution in [0.3, 0.4) is 0 Å². The highest BCUT2D eigenvalue weighted by atomic mass is 16.5. The van der Waals surface area contributed by atoms with Crippen LogP contribution < -0.4 is 0 Å². The molecule has 0 heterocycles. The van der Waals surface area contributed by atoms with E-state index < -0.39 is 5.60 Å². The first-order valence-electron chi connectivity index (χ1n) is 4.09. The molecule has 0 saturated carbocycles. The molecule has 70 valence electrons. The molecule has 0 aliphatic carbocycles. The zero-order valence-electron chi connectivity index (χ0n) is 7.67. The van der Waals surface area contributed by atoms with Crippen molar-refractivity contribution in [2.45, 2.75) is 32.3 Å². The molecule has 0 aromatic rings. The van der Waals surface area contributed by atoms with Gasteiger partial charge in [-0.2, -0.15) is 0 Å². The molecule has 0 bridgehead atoms. The van der Waals surface area contributed by atoms with Crippen LogP contribution in [0, 0.1) is 0 Å². The van der Waals surface area contributed by atoms with Gasteiger partial charge in [-0.15, -0.1) is 6.58 Å². The van der Waals surface area contributed by atoms with Crippen LogP contribution in [0.2, 0.25) is 0 Å². The highest BCUT2D eigenvalue weighted by Gasteiger charge is 2.24. The monoisotopic (exact) mass is 172 g/mol. The highest BCUT2D eigenvalue weighted by Crippen LogP contribution is 2.16. The quantitative estimate of drug-likeness (QED) is 0.501. The number of hydrogen-bond acceptors (Lipinski definition) is 3. The predicted octanol–water partition coefficient (Wildman–Crippen LogP) is 1.27. The first-order chi connectivity index (χ1) is 5.58. The first kappa shape index (κ1) is 11.2. The van der Waals surface area contributed by atoms with Crippen LogP contribution in [0.15, 0.2) is 12.7 Å². The van der Waals surface area contributed by atoms with E-state index in [2.05, 4.69) is 6.58 Å². The van der Waals surface area contributed by atoms with Crippen molar-refractivity contribution < 1.29 is 14.6 Å². The molecule has 0 aromatic heterocycles. The Morgan fingerprint density at radius 1 is 1.67 bits per heavy atom. The van der Waals surface area contributed by atoms with E-state index in [9.17, 15) is 9.90 Å². The van der Waals surface area contributed by atoms with Gasteiger partial charge in [-0.3, -0.25) is 4.79 Å². The van der Waals surface area contributed by atoms with E-state index in [4.69, 9.17) is 4.74 Å². The largest absolute Gasteiger partial charge is 0.466 e. The maximum Gasteiger partial charge on any atom is 0.309 e. The molecule has 1 unspecified atom stereocenters. The minimum Gasteiger partial charge on any atom is -0.466 e. The summed E-state index contributed by atoms with van der Waals surface area (Å²) in [7, 11) is 0. The number of hydrogen-bond donors (Lipinski definition) is 1. The second-order valence-electron chi connectivity index (χ2n) is 2.64. The molecule has 3 nitrogen and oxygen atoms in total. The maximum absolute atomic E-state index is 10.9. The van der Waals surface area contributed by atoms with Gasteiger partial charge in [-0.1, -0.05) is 13.0 Å². The van der Waals surface area contributed by atoms with Gasteiger partial charge in [0.25, 0.3) is 0 Å². The number of carbonyl (C=O) groups is 1. The average Bonchev–Trinajstić information content (AvgIpc) is 2.05. The van der Waals surface area contributed by atoms with Crippen molar-refractivity contribution in [3.05, 3.63) is 12.7 Å². The van der Waals surface area contributed by atoms with Crippen LogP contribution >= 0.6 is 0 Å². The summed E-state index contributed by atoms with van der Waals surface area (Å²) in [6.07, 6.45) is 1.83. The topological polar surface area (TPSA) is 46.5 Å². The van der Waals surface area contributed by atoms with Crippen LogP contribution in [0.1, 0.15) is 26.7 Å². The van der Waals surface area contributed by atoms with Crippen LogP contribution in [0.25, 0.3) is 0 Å². The van der Waals surface area contributed by atoms with Crippen LogP contribution in [-0.2, 0) is 9.53 Å². The molecule has 0 amide bonds. The Bertz CT molecular complexity index is 165. The molecule has 0 saturated heterocycles. The van der Waals surface area contributed by atoms with E-state index in [0.29, 0.717) is 13.0 Å². The van der Waals surface area contributed by atoms with Crippen LogP contribution in [0.5, 0.6) is 0 Å². The normalized spacial score (nSPS) is 14.9. The average molecular weight is 172 g/mol. The van der Waals surface area contributed by atoms with E-state index in [1.165, 1.54) is 6.08 Å². The van der Waals surface area contributed by atoms with Gasteiger partial charge in [0.2, 0.25) is 0 Å². The molecule has 0 aliphatic heterocycles. The molecule has 1 N–H and O–H groups in total. The van der Waals surface area contributed by atoms with E-state index >= 15 is 0 Å². The summed E-state index contributed by atoms with van der Waals surface area (Å²) in [5.74, 6) is -0.387. The minimum absolute atomic E-state index is 0.0131. The number of esters is 1. The Morgan fingerprint density at radius 3 is 2.58 bits per heavy atom. The summed E-state index contributed by atoms with van der Waals surface area (Å²) in [4.78, 5) is 10.9. The second kappa shape index (κ2) is 4.93. The third kappa shape index (κ3) is 3.53. The fourth-order valence-corrected chi connectivity index (χ4v) is 0.803. The van der Waals surface area contributed by atoms with Crippen molar-refractivity contribution in [3.8, 4) is 0 Å². The van der Waals surface area contributed by atoms with Gasteiger partial charge < -0.3 is 9.84 Å². The minimum atomic E-state index is -1.10. The Morgan fingerprint density at radius 2 is 2.25 bits per heavy atom. The number of ether oxygens (including phenoxy) is 1. The third-order valence-corrected chi connectivity index (χ3v) is 1.75. The predicted molar refractivity (Wildman–Crippen MR) is 46.7 cm³/mol. The SMILES string of the molecule is C=CC(O)(CC)CC(=O)OCC. The molecule has 0 aliphatic rings. The van der Waals surface area contributed by atoms with Crippen molar-refractivity contribution in [1.82, 2.24) is 0 Å². The zero-order valence-corrected chi connectivity index (χ0v) is 7.67. The molecule has 12 heavy (non-hydrogen) atoms. The standard InChI is InChI=1S/C9H16O3/c1-4-9(11,5-2)7-8(10)12-6-3/h4,11H,1,5-7H2,2-3H3. The summed E-state index contributed by atoms with van der Waals surface area (Å²) >= 11 is 0.